The van der Waals surface area contributed by atoms with Gasteiger partial charge in [-0.1, -0.05) is 56.9 Å². The maximum absolute atomic E-state index is 6.38. The van der Waals surface area contributed by atoms with Crippen molar-refractivity contribution in [3.8, 4) is 0 Å². The first kappa shape index (κ1) is 13.9. The van der Waals surface area contributed by atoms with Gasteiger partial charge in [0, 0.05) is 11.3 Å². The smallest absolute Gasteiger partial charge is 0.0320 e. The Bertz CT molecular complexity index is 372. The highest BCUT2D eigenvalue weighted by atomic mass is 35.5. The molecular formula is C17H25Cl. The van der Waals surface area contributed by atoms with Gasteiger partial charge in [-0.25, -0.2) is 0 Å². The van der Waals surface area contributed by atoms with Crippen LogP contribution >= 0.6 is 11.6 Å². The van der Waals surface area contributed by atoms with Gasteiger partial charge in [-0.3, -0.25) is 0 Å². The molecule has 0 saturated heterocycles. The molecule has 1 heteroatoms. The summed E-state index contributed by atoms with van der Waals surface area (Å²) in [6, 6.07) is 8.95. The first-order chi connectivity index (χ1) is 8.82. The zero-order chi connectivity index (χ0) is 12.8. The van der Waals surface area contributed by atoms with Gasteiger partial charge in [0.05, 0.1) is 0 Å². The highest BCUT2D eigenvalue weighted by Crippen LogP contribution is 2.42. The zero-order valence-electron chi connectivity index (χ0n) is 11.6. The largest absolute Gasteiger partial charge is 0.126 e. The lowest BCUT2D eigenvalue weighted by atomic mass is 9.68. The number of halogens is 1. The van der Waals surface area contributed by atoms with Gasteiger partial charge in [0.25, 0.3) is 0 Å². The van der Waals surface area contributed by atoms with Crippen LogP contribution in [0.4, 0.5) is 0 Å². The molecular weight excluding hydrogens is 240 g/mol. The highest BCUT2D eigenvalue weighted by Gasteiger charge is 2.34. The van der Waals surface area contributed by atoms with Crippen molar-refractivity contribution in [2.45, 2.75) is 63.7 Å². The van der Waals surface area contributed by atoms with E-state index >= 15 is 0 Å². The first-order valence-corrected chi connectivity index (χ1v) is 8.00. The number of aryl methyl sites for hydroxylation is 1. The molecule has 0 saturated carbocycles. The van der Waals surface area contributed by atoms with E-state index in [0.29, 0.717) is 0 Å². The first-order valence-electron chi connectivity index (χ1n) is 7.47. The van der Waals surface area contributed by atoms with Crippen LogP contribution in [0.1, 0.15) is 63.0 Å². The minimum Gasteiger partial charge on any atom is -0.126 e. The highest BCUT2D eigenvalue weighted by molar-refractivity contribution is 6.18. The van der Waals surface area contributed by atoms with Crippen molar-refractivity contribution in [3.63, 3.8) is 0 Å². The van der Waals surface area contributed by atoms with Gasteiger partial charge in [0.1, 0.15) is 0 Å². The van der Waals surface area contributed by atoms with E-state index in [9.17, 15) is 0 Å². The maximum atomic E-state index is 6.38. The van der Waals surface area contributed by atoms with E-state index < -0.39 is 0 Å². The van der Waals surface area contributed by atoms with Crippen LogP contribution in [0.2, 0.25) is 0 Å². The molecule has 1 aliphatic carbocycles. The Hall–Kier alpha value is -0.490. The fourth-order valence-electron chi connectivity index (χ4n) is 3.36. The van der Waals surface area contributed by atoms with Crippen LogP contribution in [0.3, 0.4) is 0 Å². The normalized spacial score (nSPS) is 22.8. The van der Waals surface area contributed by atoms with Crippen LogP contribution in [0.15, 0.2) is 24.3 Å². The van der Waals surface area contributed by atoms with E-state index in [1.165, 1.54) is 51.4 Å². The lowest BCUT2D eigenvalue weighted by Gasteiger charge is -2.38. The molecule has 0 fully saturated rings. The Balaban J connectivity index is 2.12. The van der Waals surface area contributed by atoms with Crippen molar-refractivity contribution in [1.82, 2.24) is 0 Å². The Morgan fingerprint density at radius 3 is 2.78 bits per heavy atom. The molecule has 1 aliphatic rings. The predicted molar refractivity (Wildman–Crippen MR) is 80.5 cm³/mol. The number of fused-ring (bicyclic) bond motifs is 1. The lowest BCUT2D eigenvalue weighted by Crippen LogP contribution is -2.32. The van der Waals surface area contributed by atoms with E-state index in [0.717, 1.165) is 5.88 Å². The summed E-state index contributed by atoms with van der Waals surface area (Å²) in [4.78, 5) is 0. The quantitative estimate of drug-likeness (QED) is 0.472. The molecule has 1 unspecified atom stereocenters. The summed E-state index contributed by atoms with van der Waals surface area (Å²) in [5.41, 5.74) is 3.35. The van der Waals surface area contributed by atoms with Gasteiger partial charge in [-0.15, -0.1) is 11.6 Å². The second-order valence-electron chi connectivity index (χ2n) is 5.74. The van der Waals surface area contributed by atoms with Gasteiger partial charge >= 0.3 is 0 Å². The Kier molecular flexibility index (Phi) is 5.12. The van der Waals surface area contributed by atoms with E-state index in [-0.39, 0.29) is 5.41 Å². The third kappa shape index (κ3) is 2.91. The molecule has 2 rings (SSSR count). The minimum absolute atomic E-state index is 0.268. The molecule has 0 bridgehead atoms. The second kappa shape index (κ2) is 6.61. The minimum atomic E-state index is 0.268. The number of unbranched alkanes of at least 4 members (excludes halogenated alkanes) is 3. The van der Waals surface area contributed by atoms with E-state index in [4.69, 9.17) is 11.6 Å². The lowest BCUT2D eigenvalue weighted by molar-refractivity contribution is 0.356. The van der Waals surface area contributed by atoms with Crippen LogP contribution in [-0.4, -0.2) is 5.88 Å². The average Bonchev–Trinajstić information content (AvgIpc) is 2.44. The Morgan fingerprint density at radius 2 is 2.00 bits per heavy atom. The van der Waals surface area contributed by atoms with Crippen molar-refractivity contribution in [2.75, 3.05) is 5.88 Å². The monoisotopic (exact) mass is 264 g/mol. The van der Waals surface area contributed by atoms with Gasteiger partial charge in [0.2, 0.25) is 0 Å². The predicted octanol–water partition coefficient (Wildman–Crippen LogP) is 5.47. The molecule has 0 heterocycles. The number of benzene rings is 1. The van der Waals surface area contributed by atoms with E-state index in [1.54, 1.807) is 11.1 Å². The number of hydrogen-bond acceptors (Lipinski definition) is 0. The number of alkyl halides is 1. The van der Waals surface area contributed by atoms with Crippen molar-refractivity contribution in [3.05, 3.63) is 35.4 Å². The van der Waals surface area contributed by atoms with Crippen LogP contribution in [-0.2, 0) is 11.8 Å². The van der Waals surface area contributed by atoms with Crippen LogP contribution in [0.25, 0.3) is 0 Å². The van der Waals surface area contributed by atoms with Gasteiger partial charge in [-0.05, 0) is 36.8 Å². The van der Waals surface area contributed by atoms with Gasteiger partial charge in [-0.2, -0.15) is 0 Å². The summed E-state index contributed by atoms with van der Waals surface area (Å²) >= 11 is 6.38. The van der Waals surface area contributed by atoms with Crippen molar-refractivity contribution in [2.24, 2.45) is 0 Å². The topological polar surface area (TPSA) is 0 Å². The molecule has 18 heavy (non-hydrogen) atoms. The molecule has 0 N–H and O–H groups in total. The summed E-state index contributed by atoms with van der Waals surface area (Å²) in [6.45, 7) is 2.27. The summed E-state index contributed by atoms with van der Waals surface area (Å²) in [6.07, 6.45) is 10.4. The summed E-state index contributed by atoms with van der Waals surface area (Å²) in [5.74, 6) is 0.788. The molecule has 0 aliphatic heterocycles. The molecule has 1 aromatic carbocycles. The van der Waals surface area contributed by atoms with Crippen molar-refractivity contribution in [1.29, 1.82) is 0 Å². The zero-order valence-corrected chi connectivity index (χ0v) is 12.3. The third-order valence-corrected chi connectivity index (χ3v) is 4.97. The molecule has 100 valence electrons. The summed E-state index contributed by atoms with van der Waals surface area (Å²) in [7, 11) is 0. The van der Waals surface area contributed by atoms with Crippen molar-refractivity contribution < 1.29 is 0 Å². The Labute approximate surface area is 117 Å². The maximum Gasteiger partial charge on any atom is 0.0320 e. The molecule has 1 atom stereocenters. The number of rotatable bonds is 6. The van der Waals surface area contributed by atoms with Gasteiger partial charge < -0.3 is 0 Å². The molecule has 0 nitrogen and oxygen atoms in total. The fraction of sp³-hybridized carbons (Fsp3) is 0.647. The third-order valence-electron chi connectivity index (χ3n) is 4.45. The molecule has 0 spiro atoms. The second-order valence-corrected chi connectivity index (χ2v) is 6.00. The van der Waals surface area contributed by atoms with E-state index in [1.807, 2.05) is 0 Å². The molecule has 0 amide bonds. The average molecular weight is 265 g/mol. The number of hydrogen-bond donors (Lipinski definition) is 0. The standard InChI is InChI=1S/C17H25Cl/c1-2-3-4-7-12-17(14-18)13-8-10-15-9-5-6-11-16(15)17/h5-6,9,11H,2-4,7-8,10,12-14H2,1H3. The van der Waals surface area contributed by atoms with Crippen LogP contribution in [0, 0.1) is 0 Å². The summed E-state index contributed by atoms with van der Waals surface area (Å²) in [5, 5.41) is 0. The van der Waals surface area contributed by atoms with Crippen molar-refractivity contribution >= 4 is 11.6 Å². The fourth-order valence-corrected chi connectivity index (χ4v) is 3.77. The molecule has 0 aromatic heterocycles. The van der Waals surface area contributed by atoms with Crippen LogP contribution in [0.5, 0.6) is 0 Å². The van der Waals surface area contributed by atoms with Gasteiger partial charge in [0.15, 0.2) is 0 Å². The molecule has 0 radical (unpaired) electrons. The summed E-state index contributed by atoms with van der Waals surface area (Å²) < 4.78 is 0. The van der Waals surface area contributed by atoms with Crippen LogP contribution < -0.4 is 0 Å². The van der Waals surface area contributed by atoms with E-state index in [2.05, 4.69) is 31.2 Å². The SMILES string of the molecule is CCCCCCC1(CCl)CCCc2ccccc21. The molecule has 1 aromatic rings. The Morgan fingerprint density at radius 1 is 1.17 bits per heavy atom.